The van der Waals surface area contributed by atoms with Crippen LogP contribution in [0.2, 0.25) is 0 Å². The fourth-order valence-electron chi connectivity index (χ4n) is 5.81. The van der Waals surface area contributed by atoms with E-state index in [2.05, 4.69) is 22.0 Å². The van der Waals surface area contributed by atoms with Crippen molar-refractivity contribution in [1.29, 1.82) is 5.26 Å². The molecule has 1 heterocycles. The van der Waals surface area contributed by atoms with E-state index in [1.165, 1.54) is 28.0 Å². The van der Waals surface area contributed by atoms with Gasteiger partial charge in [-0.15, -0.1) is 23.1 Å². The number of carbonyl (C=O) groups is 3. The Kier molecular flexibility index (Phi) is 11.2. The van der Waals surface area contributed by atoms with E-state index in [-0.39, 0.29) is 11.6 Å². The summed E-state index contributed by atoms with van der Waals surface area (Å²) in [4.78, 5) is 42.3. The summed E-state index contributed by atoms with van der Waals surface area (Å²) < 4.78 is 0. The van der Waals surface area contributed by atoms with Crippen molar-refractivity contribution < 1.29 is 14.4 Å². The lowest BCUT2D eigenvalue weighted by Gasteiger charge is -2.16. The first-order valence-corrected chi connectivity index (χ1v) is 18.3. The van der Waals surface area contributed by atoms with Crippen molar-refractivity contribution in [2.75, 3.05) is 10.6 Å². The number of rotatable bonds is 11. The molecule has 0 saturated carbocycles. The largest absolute Gasteiger partial charge is 0.321 e. The normalized spacial score (nSPS) is 13.0. The van der Waals surface area contributed by atoms with E-state index in [4.69, 9.17) is 0 Å². The third-order valence-corrected chi connectivity index (χ3v) is 11.0. The van der Waals surface area contributed by atoms with Crippen molar-refractivity contribution in [3.63, 3.8) is 0 Å². The third-order valence-electron chi connectivity index (χ3n) is 8.41. The molecule has 0 aliphatic heterocycles. The number of nitrogens with zero attached hydrogens (tertiary/aromatic N) is 1. The van der Waals surface area contributed by atoms with Crippen LogP contribution < -0.4 is 16.0 Å². The average molecular weight is 697 g/mol. The number of thiophene rings is 1. The Balaban J connectivity index is 1.18. The second-order valence-corrected chi connectivity index (χ2v) is 14.3. The molecular weight excluding hydrogens is 661 g/mol. The molecule has 5 aromatic rings. The zero-order valence-electron chi connectivity index (χ0n) is 27.6. The number of thioether (sulfide) groups is 1. The molecule has 3 amide bonds. The van der Waals surface area contributed by atoms with Gasteiger partial charge in [0.1, 0.15) is 16.8 Å². The molecule has 50 heavy (non-hydrogen) atoms. The molecule has 1 aliphatic rings. The summed E-state index contributed by atoms with van der Waals surface area (Å²) in [7, 11) is 0. The van der Waals surface area contributed by atoms with Crippen LogP contribution in [0.1, 0.15) is 58.1 Å². The second-order valence-electron chi connectivity index (χ2n) is 11.9. The molecule has 1 aromatic heterocycles. The van der Waals surface area contributed by atoms with Crippen molar-refractivity contribution in [3.8, 4) is 17.2 Å². The van der Waals surface area contributed by atoms with Crippen LogP contribution in [0.3, 0.4) is 0 Å². The second kappa shape index (κ2) is 16.3. The molecule has 0 radical (unpaired) electrons. The van der Waals surface area contributed by atoms with E-state index >= 15 is 0 Å². The van der Waals surface area contributed by atoms with Crippen molar-refractivity contribution in [2.24, 2.45) is 0 Å². The Labute approximate surface area is 300 Å². The highest BCUT2D eigenvalue weighted by Crippen LogP contribution is 2.38. The van der Waals surface area contributed by atoms with Crippen LogP contribution in [0.15, 0.2) is 120 Å². The minimum absolute atomic E-state index is 0.0853. The highest BCUT2D eigenvalue weighted by atomic mass is 32.2. The summed E-state index contributed by atoms with van der Waals surface area (Å²) in [6.45, 7) is 1.95. The first-order valence-electron chi connectivity index (χ1n) is 16.6. The number of aryl methyl sites for hydroxylation is 1. The van der Waals surface area contributed by atoms with Crippen LogP contribution >= 0.6 is 23.1 Å². The lowest BCUT2D eigenvalue weighted by atomic mass is 9.96. The SMILES string of the molecule is CCC(Sc1cccc(NC(=O)/C(=C\c2ccc(-c3ccccc3)cc2)NC(=O)c2ccccc2)c1)C(=O)Nc1sc2c(c1C#N)CCCC2. The van der Waals surface area contributed by atoms with Crippen LogP contribution in [0.25, 0.3) is 17.2 Å². The molecular formula is C41H36N4O3S2. The Morgan fingerprint density at radius 2 is 1.56 bits per heavy atom. The maximum atomic E-state index is 13.7. The number of fused-ring (bicyclic) bond motifs is 1. The van der Waals surface area contributed by atoms with Gasteiger partial charge < -0.3 is 16.0 Å². The van der Waals surface area contributed by atoms with Crippen molar-refractivity contribution in [2.45, 2.75) is 49.2 Å². The van der Waals surface area contributed by atoms with Gasteiger partial charge in [0.25, 0.3) is 11.8 Å². The fraction of sp³-hybridized carbons (Fsp3) is 0.171. The molecule has 1 atom stereocenters. The average Bonchev–Trinajstić information content (AvgIpc) is 3.51. The van der Waals surface area contributed by atoms with Crippen molar-refractivity contribution in [1.82, 2.24) is 5.32 Å². The molecule has 0 bridgehead atoms. The van der Waals surface area contributed by atoms with Gasteiger partial charge in [0, 0.05) is 21.0 Å². The molecule has 3 N–H and O–H groups in total. The summed E-state index contributed by atoms with van der Waals surface area (Å²) in [5, 5.41) is 18.8. The number of nitrogens with one attached hydrogen (secondary N) is 3. The van der Waals surface area contributed by atoms with E-state index in [0.29, 0.717) is 28.2 Å². The van der Waals surface area contributed by atoms with Crippen molar-refractivity contribution in [3.05, 3.63) is 142 Å². The summed E-state index contributed by atoms with van der Waals surface area (Å²) in [5.74, 6) is -1.05. The predicted molar refractivity (Wildman–Crippen MR) is 203 cm³/mol. The number of benzene rings is 4. The molecule has 6 rings (SSSR count). The molecule has 0 saturated heterocycles. The van der Waals surface area contributed by atoms with Crippen LogP contribution in [-0.2, 0) is 22.4 Å². The van der Waals surface area contributed by atoms with Crippen LogP contribution in [0.4, 0.5) is 10.7 Å². The molecule has 0 spiro atoms. The van der Waals surface area contributed by atoms with Gasteiger partial charge in [-0.1, -0.05) is 85.8 Å². The van der Waals surface area contributed by atoms with Gasteiger partial charge in [0.05, 0.1) is 10.8 Å². The van der Waals surface area contributed by atoms with Gasteiger partial charge in [0.15, 0.2) is 0 Å². The maximum absolute atomic E-state index is 13.7. The molecule has 4 aromatic carbocycles. The minimum Gasteiger partial charge on any atom is -0.321 e. The van der Waals surface area contributed by atoms with Gasteiger partial charge in [-0.05, 0) is 90.8 Å². The number of hydrogen-bond donors (Lipinski definition) is 3. The molecule has 7 nitrogen and oxygen atoms in total. The van der Waals surface area contributed by atoms with E-state index in [1.807, 2.05) is 85.8 Å². The maximum Gasteiger partial charge on any atom is 0.272 e. The number of hydrogen-bond acceptors (Lipinski definition) is 6. The van der Waals surface area contributed by atoms with Gasteiger partial charge >= 0.3 is 0 Å². The Bertz CT molecular complexity index is 2070. The highest BCUT2D eigenvalue weighted by Gasteiger charge is 2.25. The number of amides is 3. The first-order chi connectivity index (χ1) is 24.4. The van der Waals surface area contributed by atoms with E-state index in [9.17, 15) is 19.6 Å². The Morgan fingerprint density at radius 1 is 0.860 bits per heavy atom. The first kappa shape index (κ1) is 34.4. The van der Waals surface area contributed by atoms with E-state index < -0.39 is 17.1 Å². The van der Waals surface area contributed by atoms with Gasteiger partial charge in [0.2, 0.25) is 5.91 Å². The van der Waals surface area contributed by atoms with Gasteiger partial charge in [-0.3, -0.25) is 14.4 Å². The lowest BCUT2D eigenvalue weighted by molar-refractivity contribution is -0.116. The number of carbonyl (C=O) groups excluding carboxylic acids is 3. The molecule has 0 fully saturated rings. The van der Waals surface area contributed by atoms with Gasteiger partial charge in [-0.2, -0.15) is 5.26 Å². The summed E-state index contributed by atoms with van der Waals surface area (Å²) >= 11 is 2.92. The topological polar surface area (TPSA) is 111 Å². The quantitative estimate of drug-likeness (QED) is 0.0943. The van der Waals surface area contributed by atoms with E-state index in [0.717, 1.165) is 52.8 Å². The molecule has 1 unspecified atom stereocenters. The van der Waals surface area contributed by atoms with Crippen LogP contribution in [0.5, 0.6) is 0 Å². The Hall–Kier alpha value is -5.43. The highest BCUT2D eigenvalue weighted by molar-refractivity contribution is 8.00. The third kappa shape index (κ3) is 8.40. The zero-order valence-corrected chi connectivity index (χ0v) is 29.2. The number of anilines is 2. The zero-order chi connectivity index (χ0) is 34.9. The predicted octanol–water partition coefficient (Wildman–Crippen LogP) is 9.08. The summed E-state index contributed by atoms with van der Waals surface area (Å²) in [5.41, 5.74) is 5.58. The smallest absolute Gasteiger partial charge is 0.272 e. The summed E-state index contributed by atoms with van der Waals surface area (Å²) in [6.07, 6.45) is 6.21. The standard InChI is InChI=1S/C41H36N4O3S2/c1-2-36(40(48)45-41-34(26-42)33-18-9-10-19-37(33)50-41)49-32-17-11-16-31(25-32)43-39(47)35(44-38(46)30-14-7-4-8-15-30)24-27-20-22-29(23-21-27)28-12-5-3-6-13-28/h3-8,11-17,20-25,36H,2,9-10,18-19H2,1H3,(H,43,47)(H,44,46)(H,45,48)/b35-24+. The van der Waals surface area contributed by atoms with E-state index in [1.54, 1.807) is 36.4 Å². The fourth-order valence-corrected chi connectivity index (χ4v) is 8.06. The lowest BCUT2D eigenvalue weighted by Crippen LogP contribution is -2.30. The number of nitriles is 1. The molecule has 9 heteroatoms. The minimum atomic E-state index is -0.487. The van der Waals surface area contributed by atoms with Crippen molar-refractivity contribution >= 4 is 57.6 Å². The van der Waals surface area contributed by atoms with Gasteiger partial charge in [-0.25, -0.2) is 0 Å². The Morgan fingerprint density at radius 3 is 2.28 bits per heavy atom. The van der Waals surface area contributed by atoms with Crippen LogP contribution in [-0.4, -0.2) is 23.0 Å². The molecule has 250 valence electrons. The monoisotopic (exact) mass is 696 g/mol. The summed E-state index contributed by atoms with van der Waals surface area (Å²) in [6, 6.07) is 36.1. The van der Waals surface area contributed by atoms with Crippen LogP contribution in [0, 0.1) is 11.3 Å². The molecule has 1 aliphatic carbocycles.